The molecule has 5 rings (SSSR count). The van der Waals surface area contributed by atoms with Crippen LogP contribution in [0.25, 0.3) is 6.08 Å². The van der Waals surface area contributed by atoms with Gasteiger partial charge in [0.2, 0.25) is 5.78 Å². The first kappa shape index (κ1) is 21.1. The Balaban J connectivity index is 1.42. The number of allylic oxidation sites excluding steroid dienone is 1. The third kappa shape index (κ3) is 3.79. The summed E-state index contributed by atoms with van der Waals surface area (Å²) in [7, 11) is 0. The minimum atomic E-state index is -0.101. The van der Waals surface area contributed by atoms with Crippen molar-refractivity contribution in [1.82, 2.24) is 4.90 Å². The van der Waals surface area contributed by atoms with Gasteiger partial charge in [-0.15, -0.1) is 0 Å². The fourth-order valence-corrected chi connectivity index (χ4v) is 4.50. The summed E-state index contributed by atoms with van der Waals surface area (Å²) in [4.78, 5) is 15.3. The SMILES string of the molecule is Cc1ccccc1/C=C1\Oc2c(cc3c(c2C)OCN(Cc2ccc(Cl)c(Cl)c2)C3)C1=O. The Hall–Kier alpha value is -2.79. The zero-order valence-corrected chi connectivity index (χ0v) is 19.3. The Bertz CT molecular complexity index is 1280. The molecule has 6 heteroatoms. The van der Waals surface area contributed by atoms with Crippen molar-refractivity contribution in [3.05, 3.63) is 97.7 Å². The van der Waals surface area contributed by atoms with Gasteiger partial charge in [-0.1, -0.05) is 53.5 Å². The molecule has 0 aliphatic carbocycles. The number of rotatable bonds is 3. The molecule has 0 aromatic heterocycles. The summed E-state index contributed by atoms with van der Waals surface area (Å²) >= 11 is 12.2. The quantitative estimate of drug-likeness (QED) is 0.409. The number of Topliss-reactive ketones (excluding diaryl/α,β-unsaturated/α-hetero) is 1. The van der Waals surface area contributed by atoms with Crippen molar-refractivity contribution in [2.75, 3.05) is 6.73 Å². The van der Waals surface area contributed by atoms with Crippen LogP contribution in [0.3, 0.4) is 0 Å². The maximum Gasteiger partial charge on any atom is 0.231 e. The third-order valence-corrected chi connectivity index (χ3v) is 6.61. The molecule has 2 aliphatic heterocycles. The monoisotopic (exact) mass is 465 g/mol. The Morgan fingerprint density at radius 3 is 2.62 bits per heavy atom. The van der Waals surface area contributed by atoms with Crippen LogP contribution in [0.15, 0.2) is 54.3 Å². The van der Waals surface area contributed by atoms with Gasteiger partial charge in [0.25, 0.3) is 0 Å². The average molecular weight is 466 g/mol. The number of carbonyl (C=O) groups excluding carboxylic acids is 1. The van der Waals surface area contributed by atoms with Crippen LogP contribution >= 0.6 is 23.2 Å². The Kier molecular flexibility index (Phi) is 5.46. The molecule has 162 valence electrons. The number of carbonyl (C=O) groups is 1. The molecule has 0 bridgehead atoms. The van der Waals surface area contributed by atoms with Crippen LogP contribution in [0.2, 0.25) is 10.0 Å². The van der Waals surface area contributed by atoms with Gasteiger partial charge < -0.3 is 9.47 Å². The molecule has 0 fully saturated rings. The second-order valence-corrected chi connectivity index (χ2v) is 8.99. The first-order valence-corrected chi connectivity index (χ1v) is 11.1. The number of ether oxygens (including phenoxy) is 2. The van der Waals surface area contributed by atoms with E-state index in [2.05, 4.69) is 4.90 Å². The number of benzene rings is 3. The van der Waals surface area contributed by atoms with Crippen LogP contribution in [0.1, 0.15) is 38.2 Å². The van der Waals surface area contributed by atoms with E-state index in [-0.39, 0.29) is 5.78 Å². The fourth-order valence-electron chi connectivity index (χ4n) is 4.18. The molecule has 32 heavy (non-hydrogen) atoms. The van der Waals surface area contributed by atoms with Gasteiger partial charge in [0.05, 0.1) is 15.6 Å². The van der Waals surface area contributed by atoms with Gasteiger partial charge in [-0.05, 0) is 54.8 Å². The highest BCUT2D eigenvalue weighted by Crippen LogP contribution is 2.43. The molecule has 3 aromatic carbocycles. The molecule has 2 heterocycles. The predicted octanol–water partition coefficient (Wildman–Crippen LogP) is 6.58. The lowest BCUT2D eigenvalue weighted by atomic mass is 9.99. The zero-order valence-electron chi connectivity index (χ0n) is 17.7. The highest BCUT2D eigenvalue weighted by atomic mass is 35.5. The summed E-state index contributed by atoms with van der Waals surface area (Å²) in [6.07, 6.45) is 1.81. The van der Waals surface area contributed by atoms with Crippen molar-refractivity contribution >= 4 is 35.1 Å². The lowest BCUT2D eigenvalue weighted by Gasteiger charge is -2.30. The van der Waals surface area contributed by atoms with E-state index < -0.39 is 0 Å². The van der Waals surface area contributed by atoms with E-state index in [4.69, 9.17) is 32.7 Å². The summed E-state index contributed by atoms with van der Waals surface area (Å²) in [6, 6.07) is 15.4. The summed E-state index contributed by atoms with van der Waals surface area (Å²) in [5, 5.41) is 1.07. The second-order valence-electron chi connectivity index (χ2n) is 8.17. The Morgan fingerprint density at radius 1 is 1.03 bits per heavy atom. The van der Waals surface area contributed by atoms with Crippen LogP contribution in [0.5, 0.6) is 11.5 Å². The molecule has 0 amide bonds. The molecule has 3 aromatic rings. The first-order valence-electron chi connectivity index (χ1n) is 10.4. The number of halogens is 2. The van der Waals surface area contributed by atoms with E-state index >= 15 is 0 Å². The van der Waals surface area contributed by atoms with E-state index in [1.165, 1.54) is 0 Å². The molecular weight excluding hydrogens is 445 g/mol. The van der Waals surface area contributed by atoms with Gasteiger partial charge in [0.1, 0.15) is 18.2 Å². The largest absolute Gasteiger partial charge is 0.477 e. The van der Waals surface area contributed by atoms with Crippen LogP contribution in [0.4, 0.5) is 0 Å². The lowest BCUT2D eigenvalue weighted by Crippen LogP contribution is -2.32. The number of fused-ring (bicyclic) bond motifs is 2. The van der Waals surface area contributed by atoms with E-state index in [1.54, 1.807) is 6.07 Å². The highest BCUT2D eigenvalue weighted by Gasteiger charge is 2.33. The van der Waals surface area contributed by atoms with Gasteiger partial charge in [-0.25, -0.2) is 0 Å². The Labute approximate surface area is 197 Å². The number of aryl methyl sites for hydroxylation is 1. The molecule has 0 saturated heterocycles. The van der Waals surface area contributed by atoms with Crippen LogP contribution < -0.4 is 9.47 Å². The molecule has 2 aliphatic rings. The van der Waals surface area contributed by atoms with E-state index in [9.17, 15) is 4.79 Å². The predicted molar refractivity (Wildman–Crippen MR) is 126 cm³/mol. The topological polar surface area (TPSA) is 38.8 Å². The van der Waals surface area contributed by atoms with Crippen LogP contribution in [-0.4, -0.2) is 17.4 Å². The number of nitrogens with zero attached hydrogens (tertiary/aromatic N) is 1. The van der Waals surface area contributed by atoms with Crippen molar-refractivity contribution in [3.8, 4) is 11.5 Å². The maximum absolute atomic E-state index is 13.1. The van der Waals surface area contributed by atoms with E-state index in [1.807, 2.05) is 62.4 Å². The lowest BCUT2D eigenvalue weighted by molar-refractivity contribution is 0.0876. The van der Waals surface area contributed by atoms with Crippen molar-refractivity contribution in [2.24, 2.45) is 0 Å². The van der Waals surface area contributed by atoms with Gasteiger partial charge in [-0.3, -0.25) is 9.69 Å². The van der Waals surface area contributed by atoms with Gasteiger partial charge in [0.15, 0.2) is 5.76 Å². The van der Waals surface area contributed by atoms with Gasteiger partial charge >= 0.3 is 0 Å². The minimum Gasteiger partial charge on any atom is -0.477 e. The third-order valence-electron chi connectivity index (χ3n) is 5.87. The molecule has 0 unspecified atom stereocenters. The van der Waals surface area contributed by atoms with Crippen molar-refractivity contribution in [3.63, 3.8) is 0 Å². The molecule has 0 saturated carbocycles. The summed E-state index contributed by atoms with van der Waals surface area (Å²) in [5.74, 6) is 1.62. The van der Waals surface area contributed by atoms with Crippen LogP contribution in [0, 0.1) is 13.8 Å². The highest BCUT2D eigenvalue weighted by molar-refractivity contribution is 6.42. The van der Waals surface area contributed by atoms with Crippen molar-refractivity contribution < 1.29 is 14.3 Å². The molecule has 0 atom stereocenters. The molecule has 0 radical (unpaired) electrons. The maximum atomic E-state index is 13.1. The zero-order chi connectivity index (χ0) is 22.4. The molecule has 4 nitrogen and oxygen atoms in total. The van der Waals surface area contributed by atoms with Crippen molar-refractivity contribution in [2.45, 2.75) is 26.9 Å². The number of hydrogen-bond donors (Lipinski definition) is 0. The number of ketones is 1. The second kappa shape index (κ2) is 8.28. The first-order chi connectivity index (χ1) is 15.4. The minimum absolute atomic E-state index is 0.101. The van der Waals surface area contributed by atoms with E-state index in [0.717, 1.165) is 33.6 Å². The summed E-state index contributed by atoms with van der Waals surface area (Å²) < 4.78 is 12.1. The van der Waals surface area contributed by atoms with Gasteiger partial charge in [-0.2, -0.15) is 0 Å². The standard InChI is InChI=1S/C26H21Cl2NO3/c1-15-5-3-4-6-18(15)11-23-24(30)20-10-19-13-29(12-17-7-8-21(27)22(28)9-17)14-31-25(19)16(2)26(20)32-23/h3-11H,12-14H2,1-2H3/b23-11-. The van der Waals surface area contributed by atoms with Crippen LogP contribution in [-0.2, 0) is 13.1 Å². The smallest absolute Gasteiger partial charge is 0.231 e. The normalized spacial score (nSPS) is 16.5. The number of hydrogen-bond acceptors (Lipinski definition) is 4. The van der Waals surface area contributed by atoms with E-state index in [0.29, 0.717) is 46.9 Å². The molecular formula is C26H21Cl2NO3. The molecule has 0 N–H and O–H groups in total. The summed E-state index contributed by atoms with van der Waals surface area (Å²) in [5.41, 5.74) is 5.52. The van der Waals surface area contributed by atoms with Crippen molar-refractivity contribution in [1.29, 1.82) is 0 Å². The fraction of sp³-hybridized carbons (Fsp3) is 0.192. The molecule has 0 spiro atoms. The average Bonchev–Trinajstić information content (AvgIpc) is 3.08. The Morgan fingerprint density at radius 2 is 1.84 bits per heavy atom. The summed E-state index contributed by atoms with van der Waals surface area (Å²) in [6.45, 7) is 5.71. The van der Waals surface area contributed by atoms with Gasteiger partial charge in [0, 0.05) is 24.2 Å².